The number of rotatable bonds is 6. The van der Waals surface area contributed by atoms with Crippen molar-refractivity contribution >= 4 is 11.6 Å². The number of nitrogens with zero attached hydrogens (tertiary/aromatic N) is 4. The molecule has 0 bridgehead atoms. The standard InChI is InChI=1S/C18H23F2N5O/c1-2-25-6-5-21-17(25)12-23-7-9-24(10-8-23)13-18(26)22-16-11-14(19)3-4-15(16)20/h3-6,11H,2,7-10,12-13H2,1H3,(H,22,26). The molecule has 0 atom stereocenters. The van der Waals surface area contributed by atoms with E-state index in [0.29, 0.717) is 0 Å². The SMILES string of the molecule is CCn1ccnc1CN1CCN(CC(=O)Nc2cc(F)ccc2F)CC1. The second-order valence-corrected chi connectivity index (χ2v) is 6.35. The Morgan fingerprint density at radius 2 is 1.92 bits per heavy atom. The first-order chi connectivity index (χ1) is 12.5. The summed E-state index contributed by atoms with van der Waals surface area (Å²) in [4.78, 5) is 20.8. The van der Waals surface area contributed by atoms with E-state index in [-0.39, 0.29) is 18.1 Å². The lowest BCUT2D eigenvalue weighted by molar-refractivity contribution is -0.117. The molecule has 1 N–H and O–H groups in total. The fraction of sp³-hybridized carbons (Fsp3) is 0.444. The highest BCUT2D eigenvalue weighted by molar-refractivity contribution is 5.92. The van der Waals surface area contributed by atoms with Crippen LogP contribution in [0.2, 0.25) is 0 Å². The molecule has 2 aromatic rings. The molecule has 1 fully saturated rings. The van der Waals surface area contributed by atoms with Crippen LogP contribution in [0, 0.1) is 11.6 Å². The van der Waals surface area contributed by atoms with Crippen LogP contribution in [0.15, 0.2) is 30.6 Å². The highest BCUT2D eigenvalue weighted by atomic mass is 19.1. The molecule has 0 unspecified atom stereocenters. The first-order valence-corrected chi connectivity index (χ1v) is 8.74. The van der Waals surface area contributed by atoms with Gasteiger partial charge in [0.15, 0.2) is 0 Å². The van der Waals surface area contributed by atoms with Crippen LogP contribution < -0.4 is 5.32 Å². The Hall–Kier alpha value is -2.32. The molecular formula is C18H23F2N5O. The summed E-state index contributed by atoms with van der Waals surface area (Å²) in [6.07, 6.45) is 3.78. The van der Waals surface area contributed by atoms with Crippen molar-refractivity contribution in [2.45, 2.75) is 20.0 Å². The van der Waals surface area contributed by atoms with Crippen molar-refractivity contribution in [3.05, 3.63) is 48.1 Å². The maximum absolute atomic E-state index is 13.6. The van der Waals surface area contributed by atoms with E-state index in [1.807, 2.05) is 17.3 Å². The Morgan fingerprint density at radius 3 is 2.65 bits per heavy atom. The maximum Gasteiger partial charge on any atom is 0.238 e. The molecule has 1 aromatic heterocycles. The molecule has 0 radical (unpaired) electrons. The molecule has 3 rings (SSSR count). The van der Waals surface area contributed by atoms with Crippen molar-refractivity contribution in [2.75, 3.05) is 38.0 Å². The quantitative estimate of drug-likeness (QED) is 0.852. The minimum absolute atomic E-state index is 0.125. The van der Waals surface area contributed by atoms with Gasteiger partial charge in [0.05, 0.1) is 18.8 Å². The summed E-state index contributed by atoms with van der Waals surface area (Å²) in [6, 6.07) is 3.01. The normalized spacial score (nSPS) is 16.0. The summed E-state index contributed by atoms with van der Waals surface area (Å²) in [5, 5.41) is 2.44. The van der Waals surface area contributed by atoms with Gasteiger partial charge >= 0.3 is 0 Å². The van der Waals surface area contributed by atoms with E-state index in [4.69, 9.17) is 0 Å². The second-order valence-electron chi connectivity index (χ2n) is 6.35. The molecule has 1 aliphatic rings. The van der Waals surface area contributed by atoms with Crippen LogP contribution in [0.5, 0.6) is 0 Å². The summed E-state index contributed by atoms with van der Waals surface area (Å²) >= 11 is 0. The number of nitrogens with one attached hydrogen (secondary N) is 1. The Kier molecular flexibility index (Phi) is 5.95. The van der Waals surface area contributed by atoms with Crippen LogP contribution in [0.1, 0.15) is 12.7 Å². The lowest BCUT2D eigenvalue weighted by Crippen LogP contribution is -2.48. The molecule has 0 saturated carbocycles. The van der Waals surface area contributed by atoms with E-state index < -0.39 is 11.6 Å². The van der Waals surface area contributed by atoms with Gasteiger partial charge in [0.1, 0.15) is 17.5 Å². The molecule has 1 saturated heterocycles. The number of imidazole rings is 1. The van der Waals surface area contributed by atoms with Gasteiger partial charge in [-0.15, -0.1) is 0 Å². The third-order valence-corrected chi connectivity index (χ3v) is 4.54. The van der Waals surface area contributed by atoms with E-state index in [1.54, 1.807) is 0 Å². The van der Waals surface area contributed by atoms with E-state index in [9.17, 15) is 13.6 Å². The number of halogens is 2. The summed E-state index contributed by atoms with van der Waals surface area (Å²) in [5.41, 5.74) is -0.125. The van der Waals surface area contributed by atoms with Crippen LogP contribution in [-0.2, 0) is 17.9 Å². The number of aromatic nitrogens is 2. The van der Waals surface area contributed by atoms with Crippen molar-refractivity contribution in [3.8, 4) is 0 Å². The molecule has 1 aliphatic heterocycles. The minimum Gasteiger partial charge on any atom is -0.334 e. The summed E-state index contributed by atoms with van der Waals surface area (Å²) in [5.74, 6) is -0.526. The zero-order valence-corrected chi connectivity index (χ0v) is 14.8. The number of aryl methyl sites for hydroxylation is 1. The first kappa shape index (κ1) is 18.5. The van der Waals surface area contributed by atoms with E-state index >= 15 is 0 Å². The molecule has 8 heteroatoms. The molecular weight excluding hydrogens is 340 g/mol. The average molecular weight is 363 g/mol. The van der Waals surface area contributed by atoms with Gasteiger partial charge < -0.3 is 9.88 Å². The molecule has 1 aromatic carbocycles. The van der Waals surface area contributed by atoms with Crippen molar-refractivity contribution in [1.29, 1.82) is 0 Å². The van der Waals surface area contributed by atoms with Gasteiger partial charge in [-0.3, -0.25) is 14.6 Å². The summed E-state index contributed by atoms with van der Waals surface area (Å²) in [6.45, 7) is 7.08. The Morgan fingerprint density at radius 1 is 1.19 bits per heavy atom. The summed E-state index contributed by atoms with van der Waals surface area (Å²) in [7, 11) is 0. The predicted molar refractivity (Wildman–Crippen MR) is 94.6 cm³/mol. The van der Waals surface area contributed by atoms with E-state index in [1.165, 1.54) is 0 Å². The number of carbonyl (C=O) groups excluding carboxylic acids is 1. The highest BCUT2D eigenvalue weighted by Crippen LogP contribution is 2.15. The van der Waals surface area contributed by atoms with Crippen LogP contribution in [-0.4, -0.2) is 58.0 Å². The third kappa shape index (κ3) is 4.64. The number of anilines is 1. The Balaban J connectivity index is 1.46. The number of benzene rings is 1. The van der Waals surface area contributed by atoms with Crippen LogP contribution in [0.4, 0.5) is 14.5 Å². The van der Waals surface area contributed by atoms with Crippen LogP contribution >= 0.6 is 0 Å². The van der Waals surface area contributed by atoms with Gasteiger partial charge in [0.2, 0.25) is 5.91 Å². The Bertz CT molecular complexity index is 756. The van der Waals surface area contributed by atoms with Gasteiger partial charge in [-0.2, -0.15) is 0 Å². The largest absolute Gasteiger partial charge is 0.334 e. The van der Waals surface area contributed by atoms with Crippen molar-refractivity contribution in [2.24, 2.45) is 0 Å². The number of amides is 1. The molecule has 0 aliphatic carbocycles. The van der Waals surface area contributed by atoms with Crippen molar-refractivity contribution in [1.82, 2.24) is 19.4 Å². The van der Waals surface area contributed by atoms with Crippen molar-refractivity contribution < 1.29 is 13.6 Å². The Labute approximate surface area is 151 Å². The molecule has 26 heavy (non-hydrogen) atoms. The predicted octanol–water partition coefficient (Wildman–Crippen LogP) is 1.94. The zero-order valence-electron chi connectivity index (χ0n) is 14.8. The van der Waals surface area contributed by atoms with Crippen LogP contribution in [0.25, 0.3) is 0 Å². The average Bonchev–Trinajstić information content (AvgIpc) is 3.07. The maximum atomic E-state index is 13.6. The molecule has 140 valence electrons. The molecule has 2 heterocycles. The first-order valence-electron chi connectivity index (χ1n) is 8.74. The number of hydrogen-bond donors (Lipinski definition) is 1. The highest BCUT2D eigenvalue weighted by Gasteiger charge is 2.20. The fourth-order valence-electron chi connectivity index (χ4n) is 3.07. The monoisotopic (exact) mass is 363 g/mol. The molecule has 1 amide bonds. The number of hydrogen-bond acceptors (Lipinski definition) is 4. The smallest absolute Gasteiger partial charge is 0.238 e. The van der Waals surface area contributed by atoms with Crippen LogP contribution in [0.3, 0.4) is 0 Å². The van der Waals surface area contributed by atoms with Crippen molar-refractivity contribution in [3.63, 3.8) is 0 Å². The van der Waals surface area contributed by atoms with Gasteiger partial charge in [0.25, 0.3) is 0 Å². The topological polar surface area (TPSA) is 53.4 Å². The third-order valence-electron chi connectivity index (χ3n) is 4.54. The lowest BCUT2D eigenvalue weighted by Gasteiger charge is -2.34. The number of piperazine rings is 1. The minimum atomic E-state index is -0.643. The van der Waals surface area contributed by atoms with Gasteiger partial charge in [-0.25, -0.2) is 13.8 Å². The molecule has 0 spiro atoms. The lowest BCUT2D eigenvalue weighted by atomic mass is 10.2. The molecule has 6 nitrogen and oxygen atoms in total. The van der Waals surface area contributed by atoms with Gasteiger partial charge in [0, 0.05) is 51.2 Å². The van der Waals surface area contributed by atoms with E-state index in [0.717, 1.165) is 63.3 Å². The van der Waals surface area contributed by atoms with Gasteiger partial charge in [-0.1, -0.05) is 0 Å². The fourth-order valence-corrected chi connectivity index (χ4v) is 3.07. The zero-order chi connectivity index (χ0) is 18.5. The number of carbonyl (C=O) groups is 1. The summed E-state index contributed by atoms with van der Waals surface area (Å²) < 4.78 is 28.9. The second kappa shape index (κ2) is 8.37. The van der Waals surface area contributed by atoms with E-state index in [2.05, 4.69) is 26.7 Å². The van der Waals surface area contributed by atoms with Gasteiger partial charge in [-0.05, 0) is 19.1 Å².